The number of hydrogen-bond acceptors (Lipinski definition) is 3. The molecule has 1 aliphatic carbocycles. The lowest BCUT2D eigenvalue weighted by molar-refractivity contribution is 0.103. The number of thiophene rings is 1. The van der Waals surface area contributed by atoms with Gasteiger partial charge in [0.15, 0.2) is 0 Å². The monoisotopic (exact) mass is 301 g/mol. The third kappa shape index (κ3) is 3.27. The van der Waals surface area contributed by atoms with Crippen molar-refractivity contribution in [3.8, 4) is 5.75 Å². The van der Waals surface area contributed by atoms with Gasteiger partial charge in [-0.15, -0.1) is 11.3 Å². The molecule has 1 aromatic heterocycles. The second-order valence-electron chi connectivity index (χ2n) is 5.30. The summed E-state index contributed by atoms with van der Waals surface area (Å²) in [6.45, 7) is 0. The normalized spacial score (nSPS) is 14.1. The Bertz CT molecular complexity index is 607. The van der Waals surface area contributed by atoms with Gasteiger partial charge >= 0.3 is 0 Å². The van der Waals surface area contributed by atoms with Crippen LogP contribution in [0, 0.1) is 0 Å². The number of ether oxygens (including phenoxy) is 1. The van der Waals surface area contributed by atoms with Crippen molar-refractivity contribution in [1.29, 1.82) is 0 Å². The van der Waals surface area contributed by atoms with Crippen molar-refractivity contribution in [3.63, 3.8) is 0 Å². The number of aryl methyl sites for hydroxylation is 2. The second-order valence-corrected chi connectivity index (χ2v) is 6.44. The number of rotatable bonds is 3. The van der Waals surface area contributed by atoms with Crippen molar-refractivity contribution in [1.82, 2.24) is 0 Å². The molecule has 3 rings (SSSR count). The predicted octanol–water partition coefficient (Wildman–Crippen LogP) is 4.28. The first-order valence-corrected chi connectivity index (χ1v) is 8.15. The Kier molecular flexibility index (Phi) is 4.25. The van der Waals surface area contributed by atoms with E-state index in [1.165, 1.54) is 29.7 Å². The SMILES string of the molecule is COc1ccc(NC(=O)c2cc3c(s2)CCCCC3)cc1. The van der Waals surface area contributed by atoms with Crippen LogP contribution in [0.2, 0.25) is 0 Å². The molecule has 1 N–H and O–H groups in total. The maximum absolute atomic E-state index is 12.3. The molecule has 1 aromatic carbocycles. The summed E-state index contributed by atoms with van der Waals surface area (Å²) in [5, 5.41) is 2.95. The lowest BCUT2D eigenvalue weighted by Gasteiger charge is -2.05. The van der Waals surface area contributed by atoms with Crippen molar-refractivity contribution in [2.24, 2.45) is 0 Å². The number of carbonyl (C=O) groups is 1. The highest BCUT2D eigenvalue weighted by Gasteiger charge is 2.16. The third-order valence-corrected chi connectivity index (χ3v) is 5.05. The summed E-state index contributed by atoms with van der Waals surface area (Å²) in [4.78, 5) is 14.6. The summed E-state index contributed by atoms with van der Waals surface area (Å²) < 4.78 is 5.12. The van der Waals surface area contributed by atoms with E-state index in [9.17, 15) is 4.79 Å². The average molecular weight is 301 g/mol. The molecular weight excluding hydrogens is 282 g/mol. The van der Waals surface area contributed by atoms with Crippen molar-refractivity contribution >= 4 is 22.9 Å². The van der Waals surface area contributed by atoms with E-state index in [1.807, 2.05) is 24.3 Å². The molecule has 0 spiro atoms. The largest absolute Gasteiger partial charge is 0.497 e. The average Bonchev–Trinajstić information content (AvgIpc) is 2.79. The van der Waals surface area contributed by atoms with Crippen LogP contribution in [0.4, 0.5) is 5.69 Å². The number of carbonyl (C=O) groups excluding carboxylic acids is 1. The number of amides is 1. The van der Waals surface area contributed by atoms with Crippen LogP contribution < -0.4 is 10.1 Å². The fourth-order valence-electron chi connectivity index (χ4n) is 2.65. The van der Waals surface area contributed by atoms with Gasteiger partial charge in [0.05, 0.1) is 12.0 Å². The molecule has 3 nitrogen and oxygen atoms in total. The molecule has 0 aliphatic heterocycles. The number of fused-ring (bicyclic) bond motifs is 1. The van der Waals surface area contributed by atoms with Gasteiger partial charge in [-0.2, -0.15) is 0 Å². The van der Waals surface area contributed by atoms with Gasteiger partial charge in [0, 0.05) is 10.6 Å². The van der Waals surface area contributed by atoms with Crippen LogP contribution in [-0.4, -0.2) is 13.0 Å². The summed E-state index contributed by atoms with van der Waals surface area (Å²) in [5.41, 5.74) is 2.17. The maximum atomic E-state index is 12.3. The van der Waals surface area contributed by atoms with Crippen LogP contribution in [0.15, 0.2) is 30.3 Å². The molecule has 4 heteroatoms. The lowest BCUT2D eigenvalue weighted by atomic mass is 10.1. The Balaban J connectivity index is 1.72. The predicted molar refractivity (Wildman–Crippen MR) is 86.5 cm³/mol. The summed E-state index contributed by atoms with van der Waals surface area (Å²) in [6.07, 6.45) is 6.02. The lowest BCUT2D eigenvalue weighted by Crippen LogP contribution is -2.10. The van der Waals surface area contributed by atoms with Crippen LogP contribution in [0.3, 0.4) is 0 Å². The molecule has 1 heterocycles. The van der Waals surface area contributed by atoms with E-state index >= 15 is 0 Å². The van der Waals surface area contributed by atoms with Crippen LogP contribution in [0.1, 0.15) is 39.4 Å². The van der Waals surface area contributed by atoms with Crippen molar-refractivity contribution < 1.29 is 9.53 Å². The van der Waals surface area contributed by atoms with E-state index < -0.39 is 0 Å². The standard InChI is InChI=1S/C17H19NO2S/c1-20-14-9-7-13(8-10-14)18-17(19)16-11-12-5-3-2-4-6-15(12)21-16/h7-11H,2-6H2,1H3,(H,18,19). The molecule has 0 bridgehead atoms. The van der Waals surface area contributed by atoms with E-state index in [4.69, 9.17) is 4.74 Å². The van der Waals surface area contributed by atoms with Crippen molar-refractivity contribution in [2.75, 3.05) is 12.4 Å². The smallest absolute Gasteiger partial charge is 0.265 e. The Morgan fingerprint density at radius 1 is 1.14 bits per heavy atom. The minimum Gasteiger partial charge on any atom is -0.497 e. The van der Waals surface area contributed by atoms with Gasteiger partial charge in [-0.1, -0.05) is 6.42 Å². The van der Waals surface area contributed by atoms with Gasteiger partial charge in [-0.25, -0.2) is 0 Å². The molecule has 0 fully saturated rings. The fraction of sp³-hybridized carbons (Fsp3) is 0.353. The molecule has 0 saturated carbocycles. The Morgan fingerprint density at radius 2 is 1.90 bits per heavy atom. The molecule has 0 radical (unpaired) electrons. The van der Waals surface area contributed by atoms with Gasteiger partial charge in [0.25, 0.3) is 5.91 Å². The molecule has 110 valence electrons. The van der Waals surface area contributed by atoms with Crippen LogP contribution in [0.25, 0.3) is 0 Å². The molecule has 1 aliphatic rings. The minimum absolute atomic E-state index is 0.0155. The van der Waals surface area contributed by atoms with Gasteiger partial charge in [0.2, 0.25) is 0 Å². The second kappa shape index (κ2) is 6.31. The molecule has 21 heavy (non-hydrogen) atoms. The zero-order valence-electron chi connectivity index (χ0n) is 12.1. The highest BCUT2D eigenvalue weighted by atomic mass is 32.1. The minimum atomic E-state index is -0.0155. The number of methoxy groups -OCH3 is 1. The summed E-state index contributed by atoms with van der Waals surface area (Å²) in [6, 6.07) is 9.48. The molecule has 1 amide bonds. The quantitative estimate of drug-likeness (QED) is 0.859. The van der Waals surface area contributed by atoms with E-state index in [2.05, 4.69) is 11.4 Å². The summed E-state index contributed by atoms with van der Waals surface area (Å²) in [7, 11) is 1.63. The highest BCUT2D eigenvalue weighted by molar-refractivity contribution is 7.14. The Morgan fingerprint density at radius 3 is 2.67 bits per heavy atom. The fourth-order valence-corrected chi connectivity index (χ4v) is 3.80. The zero-order chi connectivity index (χ0) is 14.7. The molecule has 0 atom stereocenters. The summed E-state index contributed by atoms with van der Waals surface area (Å²) in [5.74, 6) is 0.772. The van der Waals surface area contributed by atoms with Gasteiger partial charge in [0.1, 0.15) is 5.75 Å². The van der Waals surface area contributed by atoms with Crippen LogP contribution in [-0.2, 0) is 12.8 Å². The Labute approximate surface area is 129 Å². The Hall–Kier alpha value is -1.81. The topological polar surface area (TPSA) is 38.3 Å². The highest BCUT2D eigenvalue weighted by Crippen LogP contribution is 2.29. The van der Waals surface area contributed by atoms with Gasteiger partial charge < -0.3 is 10.1 Å². The van der Waals surface area contributed by atoms with Gasteiger partial charge in [-0.3, -0.25) is 4.79 Å². The van der Waals surface area contributed by atoms with E-state index in [0.29, 0.717) is 0 Å². The van der Waals surface area contributed by atoms with Crippen molar-refractivity contribution in [3.05, 3.63) is 45.6 Å². The summed E-state index contributed by atoms with van der Waals surface area (Å²) >= 11 is 1.65. The first kappa shape index (κ1) is 14.1. The molecule has 2 aromatic rings. The molecule has 0 unspecified atom stereocenters. The van der Waals surface area contributed by atoms with Crippen molar-refractivity contribution in [2.45, 2.75) is 32.1 Å². The number of benzene rings is 1. The maximum Gasteiger partial charge on any atom is 0.265 e. The van der Waals surface area contributed by atoms with Gasteiger partial charge in [-0.05, 0) is 61.6 Å². The molecule has 0 saturated heterocycles. The molecular formula is C17H19NO2S. The van der Waals surface area contributed by atoms with Crippen LogP contribution in [0.5, 0.6) is 5.75 Å². The number of anilines is 1. The first-order chi connectivity index (χ1) is 10.3. The first-order valence-electron chi connectivity index (χ1n) is 7.33. The van der Waals surface area contributed by atoms with Crippen LogP contribution >= 0.6 is 11.3 Å². The van der Waals surface area contributed by atoms with E-state index in [-0.39, 0.29) is 5.91 Å². The third-order valence-electron chi connectivity index (χ3n) is 3.82. The van der Waals surface area contributed by atoms with E-state index in [1.54, 1.807) is 18.4 Å². The number of hydrogen-bond donors (Lipinski definition) is 1. The number of nitrogens with one attached hydrogen (secondary N) is 1. The zero-order valence-corrected chi connectivity index (χ0v) is 13.0. The van der Waals surface area contributed by atoms with E-state index in [0.717, 1.165) is 29.2 Å².